The lowest BCUT2D eigenvalue weighted by molar-refractivity contribution is 0.300. The first kappa shape index (κ1) is 20.2. The summed E-state index contributed by atoms with van der Waals surface area (Å²) in [4.78, 5) is 4.82. The second-order valence-corrected chi connectivity index (χ2v) is 7.90. The van der Waals surface area contributed by atoms with E-state index in [-0.39, 0.29) is 0 Å². The fourth-order valence-corrected chi connectivity index (χ4v) is 3.69. The van der Waals surface area contributed by atoms with Crippen LogP contribution in [0.2, 0.25) is 5.02 Å². The predicted octanol–water partition coefficient (Wildman–Crippen LogP) is 6.95. The Labute approximate surface area is 182 Å². The van der Waals surface area contributed by atoms with E-state index < -0.39 is 0 Å². The summed E-state index contributed by atoms with van der Waals surface area (Å²) in [6, 6.07) is 22.3. The highest BCUT2D eigenvalue weighted by molar-refractivity contribution is 6.30. The van der Waals surface area contributed by atoms with Crippen LogP contribution in [0.1, 0.15) is 28.9 Å². The standard InChI is InChI=1S/C26H25ClN2O/c1-19-8-14-25(20(2)18-19)30-17-5-16-29-24-7-4-3-6-23(24)28-26(29)15-11-21-9-12-22(27)13-10-21/h3-4,6-15,18H,5,16-17H2,1-2H3/b15-11+. The molecule has 0 N–H and O–H groups in total. The molecule has 1 aromatic heterocycles. The van der Waals surface area contributed by atoms with Crippen LogP contribution in [0.25, 0.3) is 23.2 Å². The number of imidazole rings is 1. The fraction of sp³-hybridized carbons (Fsp3) is 0.192. The minimum atomic E-state index is 0.663. The molecule has 0 aliphatic rings. The number of hydrogen-bond acceptors (Lipinski definition) is 2. The molecular weight excluding hydrogens is 392 g/mol. The number of aryl methyl sites for hydroxylation is 3. The summed E-state index contributed by atoms with van der Waals surface area (Å²) in [5.41, 5.74) is 5.66. The maximum Gasteiger partial charge on any atom is 0.133 e. The van der Waals surface area contributed by atoms with Gasteiger partial charge in [-0.1, -0.05) is 59.6 Å². The molecule has 0 aliphatic heterocycles. The van der Waals surface area contributed by atoms with Crippen LogP contribution in [0.4, 0.5) is 0 Å². The van der Waals surface area contributed by atoms with Gasteiger partial charge in [0.15, 0.2) is 0 Å². The molecule has 0 saturated heterocycles. The van der Waals surface area contributed by atoms with E-state index in [1.807, 2.05) is 30.3 Å². The summed E-state index contributed by atoms with van der Waals surface area (Å²) in [5, 5.41) is 0.739. The van der Waals surface area contributed by atoms with Crippen molar-refractivity contribution in [3.63, 3.8) is 0 Å². The van der Waals surface area contributed by atoms with E-state index in [0.717, 1.165) is 46.2 Å². The topological polar surface area (TPSA) is 27.1 Å². The van der Waals surface area contributed by atoms with Gasteiger partial charge in [-0.3, -0.25) is 0 Å². The van der Waals surface area contributed by atoms with Crippen LogP contribution >= 0.6 is 11.6 Å². The Balaban J connectivity index is 1.49. The van der Waals surface area contributed by atoms with E-state index in [1.165, 1.54) is 11.1 Å². The van der Waals surface area contributed by atoms with Crippen LogP contribution in [0, 0.1) is 13.8 Å². The molecule has 0 saturated carbocycles. The van der Waals surface area contributed by atoms with Gasteiger partial charge in [0.25, 0.3) is 0 Å². The first-order chi connectivity index (χ1) is 14.6. The normalized spacial score (nSPS) is 11.4. The molecule has 0 fully saturated rings. The number of nitrogens with zero attached hydrogens (tertiary/aromatic N) is 2. The van der Waals surface area contributed by atoms with Crippen molar-refractivity contribution in [2.75, 3.05) is 6.61 Å². The molecule has 152 valence electrons. The van der Waals surface area contributed by atoms with Crippen molar-refractivity contribution in [2.24, 2.45) is 0 Å². The molecule has 4 rings (SSSR count). The zero-order valence-corrected chi connectivity index (χ0v) is 18.1. The Kier molecular flexibility index (Phi) is 6.20. The van der Waals surface area contributed by atoms with E-state index in [2.05, 4.69) is 67.0 Å². The van der Waals surface area contributed by atoms with E-state index in [4.69, 9.17) is 21.3 Å². The maximum absolute atomic E-state index is 6.02. The number of aromatic nitrogens is 2. The highest BCUT2D eigenvalue weighted by Crippen LogP contribution is 2.21. The van der Waals surface area contributed by atoms with Crippen LogP contribution < -0.4 is 4.74 Å². The Bertz CT molecular complexity index is 1180. The van der Waals surface area contributed by atoms with Gasteiger partial charge in [0.05, 0.1) is 17.6 Å². The zero-order chi connectivity index (χ0) is 20.9. The number of fused-ring (bicyclic) bond motifs is 1. The third-order valence-corrected chi connectivity index (χ3v) is 5.34. The van der Waals surface area contributed by atoms with E-state index in [1.54, 1.807) is 0 Å². The minimum absolute atomic E-state index is 0.663. The Morgan fingerprint density at radius 3 is 2.57 bits per heavy atom. The van der Waals surface area contributed by atoms with Crippen molar-refractivity contribution in [1.82, 2.24) is 9.55 Å². The van der Waals surface area contributed by atoms with Gasteiger partial charge in [-0.15, -0.1) is 0 Å². The summed E-state index contributed by atoms with van der Waals surface area (Å²) in [6.45, 7) is 5.69. The van der Waals surface area contributed by atoms with Gasteiger partial charge >= 0.3 is 0 Å². The summed E-state index contributed by atoms with van der Waals surface area (Å²) in [5.74, 6) is 1.90. The molecule has 0 bridgehead atoms. The lowest BCUT2D eigenvalue weighted by atomic mass is 10.1. The van der Waals surface area contributed by atoms with Crippen LogP contribution in [-0.2, 0) is 6.54 Å². The van der Waals surface area contributed by atoms with Gasteiger partial charge < -0.3 is 9.30 Å². The Morgan fingerprint density at radius 2 is 1.77 bits per heavy atom. The molecular formula is C26H25ClN2O. The number of hydrogen-bond donors (Lipinski definition) is 0. The summed E-state index contributed by atoms with van der Waals surface area (Å²) >= 11 is 5.99. The zero-order valence-electron chi connectivity index (χ0n) is 17.3. The smallest absolute Gasteiger partial charge is 0.133 e. The van der Waals surface area contributed by atoms with Gasteiger partial charge in [-0.25, -0.2) is 4.98 Å². The number of rotatable bonds is 7. The van der Waals surface area contributed by atoms with Crippen molar-refractivity contribution < 1.29 is 4.74 Å². The summed E-state index contributed by atoms with van der Waals surface area (Å²) < 4.78 is 8.28. The van der Waals surface area contributed by atoms with Crippen molar-refractivity contribution in [3.05, 3.63) is 94.3 Å². The highest BCUT2D eigenvalue weighted by Gasteiger charge is 2.08. The van der Waals surface area contributed by atoms with Crippen molar-refractivity contribution in [3.8, 4) is 5.75 Å². The van der Waals surface area contributed by atoms with Crippen LogP contribution in [0.5, 0.6) is 5.75 Å². The monoisotopic (exact) mass is 416 g/mol. The van der Waals surface area contributed by atoms with E-state index >= 15 is 0 Å². The minimum Gasteiger partial charge on any atom is -0.493 e. The SMILES string of the molecule is Cc1ccc(OCCCn2c(/C=C/c3ccc(Cl)cc3)nc3ccccc32)c(C)c1. The average molecular weight is 417 g/mol. The van der Waals surface area contributed by atoms with Crippen molar-refractivity contribution >= 4 is 34.8 Å². The molecule has 3 nitrogen and oxygen atoms in total. The molecule has 0 radical (unpaired) electrons. The third kappa shape index (κ3) is 4.74. The van der Waals surface area contributed by atoms with Crippen molar-refractivity contribution in [2.45, 2.75) is 26.8 Å². The number of ether oxygens (including phenoxy) is 1. The summed E-state index contributed by atoms with van der Waals surface area (Å²) in [6.07, 6.45) is 5.03. The molecule has 0 amide bonds. The first-order valence-electron chi connectivity index (χ1n) is 10.2. The van der Waals surface area contributed by atoms with Crippen LogP contribution in [0.15, 0.2) is 66.7 Å². The molecule has 0 aliphatic carbocycles. The van der Waals surface area contributed by atoms with Gasteiger partial charge in [-0.05, 0) is 67.8 Å². The molecule has 3 aromatic carbocycles. The average Bonchev–Trinajstić information content (AvgIpc) is 3.09. The second kappa shape index (κ2) is 9.19. The van der Waals surface area contributed by atoms with E-state index in [9.17, 15) is 0 Å². The molecule has 0 unspecified atom stereocenters. The fourth-order valence-electron chi connectivity index (χ4n) is 3.57. The van der Waals surface area contributed by atoms with Gasteiger partial charge in [-0.2, -0.15) is 0 Å². The van der Waals surface area contributed by atoms with E-state index in [0.29, 0.717) is 6.61 Å². The maximum atomic E-state index is 6.02. The largest absolute Gasteiger partial charge is 0.493 e. The molecule has 4 heteroatoms. The molecule has 4 aromatic rings. The second-order valence-electron chi connectivity index (χ2n) is 7.47. The molecule has 1 heterocycles. The van der Waals surface area contributed by atoms with Gasteiger partial charge in [0.2, 0.25) is 0 Å². The van der Waals surface area contributed by atoms with Crippen LogP contribution in [0.3, 0.4) is 0 Å². The Morgan fingerprint density at radius 1 is 0.967 bits per heavy atom. The first-order valence-corrected chi connectivity index (χ1v) is 10.6. The molecule has 0 spiro atoms. The quantitative estimate of drug-likeness (QED) is 0.305. The van der Waals surface area contributed by atoms with Gasteiger partial charge in [0, 0.05) is 11.6 Å². The molecule has 30 heavy (non-hydrogen) atoms. The summed E-state index contributed by atoms with van der Waals surface area (Å²) in [7, 11) is 0. The number of para-hydroxylation sites is 2. The third-order valence-electron chi connectivity index (χ3n) is 5.09. The lowest BCUT2D eigenvalue weighted by Crippen LogP contribution is -2.06. The van der Waals surface area contributed by atoms with Crippen molar-refractivity contribution in [1.29, 1.82) is 0 Å². The Hall–Kier alpha value is -3.04. The lowest BCUT2D eigenvalue weighted by Gasteiger charge is -2.11. The van der Waals surface area contributed by atoms with Crippen LogP contribution in [-0.4, -0.2) is 16.2 Å². The number of halogens is 1. The van der Waals surface area contributed by atoms with Gasteiger partial charge in [0.1, 0.15) is 11.6 Å². The number of benzene rings is 3. The predicted molar refractivity (Wildman–Crippen MR) is 126 cm³/mol. The highest BCUT2D eigenvalue weighted by atomic mass is 35.5. The molecule has 0 atom stereocenters.